The quantitative estimate of drug-likeness (QED) is 0.683. The molecule has 28 heavy (non-hydrogen) atoms. The van der Waals surface area contributed by atoms with Crippen LogP contribution in [0.2, 0.25) is 0 Å². The van der Waals surface area contributed by atoms with Crippen molar-refractivity contribution in [1.82, 2.24) is 19.2 Å². The van der Waals surface area contributed by atoms with E-state index >= 15 is 0 Å². The molecule has 0 radical (unpaired) electrons. The Morgan fingerprint density at radius 1 is 1.04 bits per heavy atom. The van der Waals surface area contributed by atoms with Crippen LogP contribution in [0.3, 0.4) is 0 Å². The van der Waals surface area contributed by atoms with Gasteiger partial charge in [-0.25, -0.2) is 9.37 Å². The van der Waals surface area contributed by atoms with Crippen molar-refractivity contribution in [2.75, 3.05) is 26.2 Å². The lowest BCUT2D eigenvalue weighted by Crippen LogP contribution is -2.35. The average molecular weight is 380 g/mol. The number of pyridine rings is 1. The fourth-order valence-electron chi connectivity index (χ4n) is 3.75. The molecule has 2 aromatic heterocycles. The summed E-state index contributed by atoms with van der Waals surface area (Å²) in [7, 11) is 0. The average Bonchev–Trinajstić information content (AvgIpc) is 2.98. The highest BCUT2D eigenvalue weighted by atomic mass is 19.1. The van der Waals surface area contributed by atoms with Gasteiger partial charge in [0.2, 0.25) is 5.91 Å². The minimum absolute atomic E-state index is 0.160. The number of halogens is 1. The van der Waals surface area contributed by atoms with Crippen molar-refractivity contribution < 1.29 is 9.18 Å². The van der Waals surface area contributed by atoms with Gasteiger partial charge in [-0.1, -0.05) is 24.3 Å². The van der Waals surface area contributed by atoms with Crippen LogP contribution < -0.4 is 0 Å². The Balaban J connectivity index is 1.29. The molecule has 1 fully saturated rings. The number of aromatic nitrogens is 2. The zero-order chi connectivity index (χ0) is 19.3. The summed E-state index contributed by atoms with van der Waals surface area (Å²) in [5.74, 6) is 0.0110. The topological polar surface area (TPSA) is 40.9 Å². The maximum atomic E-state index is 13.9. The number of aryl methyl sites for hydroxylation is 1. The molecule has 1 saturated heterocycles. The van der Waals surface area contributed by atoms with Gasteiger partial charge in [0.1, 0.15) is 11.5 Å². The van der Waals surface area contributed by atoms with E-state index in [-0.39, 0.29) is 11.7 Å². The van der Waals surface area contributed by atoms with Crippen molar-refractivity contribution in [3.63, 3.8) is 0 Å². The van der Waals surface area contributed by atoms with Crippen LogP contribution in [0.1, 0.15) is 24.1 Å². The van der Waals surface area contributed by atoms with Gasteiger partial charge in [-0.2, -0.15) is 0 Å². The molecule has 0 aliphatic carbocycles. The lowest BCUT2D eigenvalue weighted by Gasteiger charge is -2.22. The molecule has 5 nitrogen and oxygen atoms in total. The highest BCUT2D eigenvalue weighted by molar-refractivity contribution is 5.76. The van der Waals surface area contributed by atoms with Crippen LogP contribution in [0.15, 0.2) is 54.9 Å². The van der Waals surface area contributed by atoms with Crippen molar-refractivity contribution in [3.05, 3.63) is 71.9 Å². The van der Waals surface area contributed by atoms with Crippen LogP contribution in [0.5, 0.6) is 0 Å². The Labute approximate surface area is 164 Å². The van der Waals surface area contributed by atoms with Crippen LogP contribution >= 0.6 is 0 Å². The van der Waals surface area contributed by atoms with Crippen molar-refractivity contribution in [3.8, 4) is 0 Å². The number of nitrogens with zero attached hydrogens (tertiary/aromatic N) is 4. The largest absolute Gasteiger partial charge is 0.341 e. The number of fused-ring (bicyclic) bond motifs is 1. The van der Waals surface area contributed by atoms with Crippen molar-refractivity contribution in [2.45, 2.75) is 25.8 Å². The molecular formula is C22H25FN4O. The molecule has 0 bridgehead atoms. The lowest BCUT2D eigenvalue weighted by atomic mass is 10.2. The number of hydrogen-bond donors (Lipinski definition) is 0. The minimum Gasteiger partial charge on any atom is -0.341 e. The highest BCUT2D eigenvalue weighted by Crippen LogP contribution is 2.14. The van der Waals surface area contributed by atoms with Gasteiger partial charge in [0.15, 0.2) is 0 Å². The molecule has 0 unspecified atom stereocenters. The summed E-state index contributed by atoms with van der Waals surface area (Å²) < 4.78 is 15.9. The predicted molar refractivity (Wildman–Crippen MR) is 106 cm³/mol. The fourth-order valence-corrected chi connectivity index (χ4v) is 3.75. The van der Waals surface area contributed by atoms with E-state index in [0.29, 0.717) is 31.5 Å². The van der Waals surface area contributed by atoms with E-state index in [4.69, 9.17) is 0 Å². The predicted octanol–water partition coefficient (Wildman–Crippen LogP) is 3.14. The van der Waals surface area contributed by atoms with Crippen molar-refractivity contribution in [1.29, 1.82) is 0 Å². The molecule has 0 N–H and O–H groups in total. The second kappa shape index (κ2) is 8.52. The molecule has 1 amide bonds. The standard InChI is InChI=1S/C22H25FN4O/c23-20-7-2-1-6-18(20)16-25-11-5-13-26(15-14-25)22(28)10-9-19-17-27-12-4-3-8-21(27)24-19/h1-4,6-8,12,17H,5,9-11,13-16H2. The molecule has 3 aromatic rings. The summed E-state index contributed by atoms with van der Waals surface area (Å²) in [6.07, 6.45) is 5.98. The second-order valence-electron chi connectivity index (χ2n) is 7.30. The molecule has 0 saturated carbocycles. The van der Waals surface area contributed by atoms with Crippen LogP contribution in [0.4, 0.5) is 4.39 Å². The summed E-state index contributed by atoms with van der Waals surface area (Å²) >= 11 is 0. The molecule has 0 spiro atoms. The highest BCUT2D eigenvalue weighted by Gasteiger charge is 2.20. The van der Waals surface area contributed by atoms with E-state index < -0.39 is 0 Å². The first kappa shape index (κ1) is 18.6. The number of imidazole rings is 1. The van der Waals surface area contributed by atoms with Gasteiger partial charge in [-0.05, 0) is 31.0 Å². The minimum atomic E-state index is -0.160. The molecule has 1 aliphatic rings. The Morgan fingerprint density at radius 3 is 2.75 bits per heavy atom. The Kier molecular flexibility index (Phi) is 5.67. The Hall–Kier alpha value is -2.73. The summed E-state index contributed by atoms with van der Waals surface area (Å²) in [6, 6.07) is 12.8. The number of rotatable bonds is 5. The van der Waals surface area contributed by atoms with E-state index in [1.807, 2.05) is 52.0 Å². The zero-order valence-corrected chi connectivity index (χ0v) is 15.9. The van der Waals surface area contributed by atoms with Gasteiger partial charge >= 0.3 is 0 Å². The number of carbonyl (C=O) groups excluding carboxylic acids is 1. The van der Waals surface area contributed by atoms with Gasteiger partial charge < -0.3 is 9.30 Å². The van der Waals surface area contributed by atoms with Gasteiger partial charge in [0.25, 0.3) is 0 Å². The third-order valence-corrected chi connectivity index (χ3v) is 5.30. The lowest BCUT2D eigenvalue weighted by molar-refractivity contribution is -0.131. The zero-order valence-electron chi connectivity index (χ0n) is 15.9. The van der Waals surface area contributed by atoms with E-state index in [0.717, 1.165) is 37.4 Å². The van der Waals surface area contributed by atoms with Gasteiger partial charge in [0, 0.05) is 57.1 Å². The normalized spacial score (nSPS) is 15.7. The van der Waals surface area contributed by atoms with Crippen molar-refractivity contribution >= 4 is 11.6 Å². The first-order valence-electron chi connectivity index (χ1n) is 9.85. The summed E-state index contributed by atoms with van der Waals surface area (Å²) in [6.45, 7) is 3.70. The van der Waals surface area contributed by atoms with E-state index in [1.54, 1.807) is 6.07 Å². The Bertz CT molecular complexity index is 921. The molecule has 3 heterocycles. The second-order valence-corrected chi connectivity index (χ2v) is 7.30. The molecule has 146 valence electrons. The maximum Gasteiger partial charge on any atom is 0.223 e. The molecule has 6 heteroatoms. The first-order valence-corrected chi connectivity index (χ1v) is 9.85. The van der Waals surface area contributed by atoms with Crippen LogP contribution in [0.25, 0.3) is 5.65 Å². The summed E-state index contributed by atoms with van der Waals surface area (Å²) in [4.78, 5) is 21.4. The maximum absolute atomic E-state index is 13.9. The van der Waals surface area contributed by atoms with Gasteiger partial charge in [-0.3, -0.25) is 9.69 Å². The third kappa shape index (κ3) is 4.39. The van der Waals surface area contributed by atoms with Gasteiger partial charge in [-0.15, -0.1) is 0 Å². The number of hydrogen-bond acceptors (Lipinski definition) is 3. The molecule has 1 aromatic carbocycles. The summed E-state index contributed by atoms with van der Waals surface area (Å²) in [5.41, 5.74) is 2.56. The number of amides is 1. The molecular weight excluding hydrogens is 355 g/mol. The van der Waals surface area contributed by atoms with Crippen LogP contribution in [-0.2, 0) is 17.8 Å². The monoisotopic (exact) mass is 380 g/mol. The van der Waals surface area contributed by atoms with E-state index in [1.165, 1.54) is 6.07 Å². The third-order valence-electron chi connectivity index (χ3n) is 5.30. The smallest absolute Gasteiger partial charge is 0.223 e. The van der Waals surface area contributed by atoms with Crippen LogP contribution in [-0.4, -0.2) is 51.3 Å². The molecule has 0 atom stereocenters. The SMILES string of the molecule is O=C(CCc1cn2ccccc2n1)N1CCCN(Cc2ccccc2F)CC1. The number of benzene rings is 1. The van der Waals surface area contributed by atoms with Crippen molar-refractivity contribution in [2.24, 2.45) is 0 Å². The summed E-state index contributed by atoms with van der Waals surface area (Å²) in [5, 5.41) is 0. The van der Waals surface area contributed by atoms with E-state index in [2.05, 4.69) is 9.88 Å². The van der Waals surface area contributed by atoms with Crippen LogP contribution in [0, 0.1) is 5.82 Å². The number of carbonyl (C=O) groups is 1. The van der Waals surface area contributed by atoms with Gasteiger partial charge in [0.05, 0.1) is 5.69 Å². The molecule has 4 rings (SSSR count). The Morgan fingerprint density at radius 2 is 1.89 bits per heavy atom. The molecule has 1 aliphatic heterocycles. The fraction of sp³-hybridized carbons (Fsp3) is 0.364. The van der Waals surface area contributed by atoms with E-state index in [9.17, 15) is 9.18 Å². The first-order chi connectivity index (χ1) is 13.7.